The standard InChI is InChI=1S/C25H29ClN4O2/c1-3-5-16-29(25(32)9-4-2)18-24(31)27-23-17-22(19-10-7-6-8-11-19)28-30(23)21-14-12-20(26)13-15-21/h6-8,10-15,17H,3-5,9,16,18H2,1-2H3,(H,27,31). The highest BCUT2D eigenvalue weighted by molar-refractivity contribution is 6.30. The summed E-state index contributed by atoms with van der Waals surface area (Å²) in [5.74, 6) is 0.294. The van der Waals surface area contributed by atoms with E-state index in [9.17, 15) is 9.59 Å². The van der Waals surface area contributed by atoms with E-state index in [0.717, 1.165) is 36.2 Å². The number of nitrogens with one attached hydrogen (secondary N) is 1. The maximum absolute atomic E-state index is 12.9. The van der Waals surface area contributed by atoms with Gasteiger partial charge in [0.2, 0.25) is 11.8 Å². The second-order valence-corrected chi connectivity index (χ2v) is 8.07. The molecule has 2 amide bonds. The molecule has 0 aliphatic heterocycles. The molecule has 0 aliphatic rings. The molecule has 7 heteroatoms. The van der Waals surface area contributed by atoms with E-state index in [1.165, 1.54) is 0 Å². The van der Waals surface area contributed by atoms with Gasteiger partial charge in [0.15, 0.2) is 0 Å². The molecule has 3 rings (SSSR count). The van der Waals surface area contributed by atoms with Crippen molar-refractivity contribution in [2.24, 2.45) is 0 Å². The molecule has 0 fully saturated rings. The average molecular weight is 453 g/mol. The topological polar surface area (TPSA) is 67.2 Å². The Hall–Kier alpha value is -3.12. The molecule has 0 saturated heterocycles. The predicted octanol–water partition coefficient (Wildman–Crippen LogP) is 5.56. The first kappa shape index (κ1) is 23.5. The number of amides is 2. The van der Waals surface area contributed by atoms with Gasteiger partial charge >= 0.3 is 0 Å². The number of aromatic nitrogens is 2. The van der Waals surface area contributed by atoms with E-state index in [4.69, 9.17) is 16.7 Å². The second-order valence-electron chi connectivity index (χ2n) is 7.64. The summed E-state index contributed by atoms with van der Waals surface area (Å²) in [5.41, 5.74) is 2.45. The minimum atomic E-state index is -0.250. The first-order valence-electron chi connectivity index (χ1n) is 11.0. The summed E-state index contributed by atoms with van der Waals surface area (Å²) in [6.45, 7) is 4.63. The number of nitrogens with zero attached hydrogens (tertiary/aromatic N) is 3. The number of carbonyl (C=O) groups excluding carboxylic acids is 2. The van der Waals surface area contributed by atoms with Gasteiger partial charge in [0.1, 0.15) is 5.82 Å². The Morgan fingerprint density at radius 3 is 2.41 bits per heavy atom. The minimum absolute atomic E-state index is 0.00674. The van der Waals surface area contributed by atoms with Crippen molar-refractivity contribution in [3.8, 4) is 16.9 Å². The number of rotatable bonds is 10. The molecule has 6 nitrogen and oxygen atoms in total. The monoisotopic (exact) mass is 452 g/mol. The molecular weight excluding hydrogens is 424 g/mol. The smallest absolute Gasteiger partial charge is 0.245 e. The van der Waals surface area contributed by atoms with Crippen LogP contribution in [0.4, 0.5) is 5.82 Å². The van der Waals surface area contributed by atoms with Gasteiger partial charge in [-0.25, -0.2) is 4.68 Å². The zero-order valence-corrected chi connectivity index (χ0v) is 19.3. The fraction of sp³-hybridized carbons (Fsp3) is 0.320. The Labute approximate surface area is 194 Å². The van der Waals surface area contributed by atoms with E-state index in [0.29, 0.717) is 23.8 Å². The van der Waals surface area contributed by atoms with Gasteiger partial charge in [0.05, 0.1) is 17.9 Å². The highest BCUT2D eigenvalue weighted by Gasteiger charge is 2.19. The van der Waals surface area contributed by atoms with Gasteiger partial charge in [0, 0.05) is 29.6 Å². The van der Waals surface area contributed by atoms with Crippen LogP contribution in [-0.4, -0.2) is 39.6 Å². The minimum Gasteiger partial charge on any atom is -0.333 e. The second kappa shape index (κ2) is 11.5. The average Bonchev–Trinajstić information content (AvgIpc) is 3.21. The van der Waals surface area contributed by atoms with E-state index in [1.54, 1.807) is 21.7 Å². The van der Waals surface area contributed by atoms with E-state index in [2.05, 4.69) is 12.2 Å². The summed E-state index contributed by atoms with van der Waals surface area (Å²) in [6, 6.07) is 18.9. The molecule has 0 unspecified atom stereocenters. The van der Waals surface area contributed by atoms with Crippen molar-refractivity contribution in [1.82, 2.24) is 14.7 Å². The molecule has 1 aromatic heterocycles. The lowest BCUT2D eigenvalue weighted by molar-refractivity contribution is -0.134. The molecule has 2 aromatic carbocycles. The quantitative estimate of drug-likeness (QED) is 0.438. The lowest BCUT2D eigenvalue weighted by Gasteiger charge is -2.22. The predicted molar refractivity (Wildman–Crippen MR) is 129 cm³/mol. The molecule has 0 spiro atoms. The van der Waals surface area contributed by atoms with Crippen LogP contribution >= 0.6 is 11.6 Å². The molecule has 0 aliphatic carbocycles. The SMILES string of the molecule is CCCCN(CC(=O)Nc1cc(-c2ccccc2)nn1-c1ccc(Cl)cc1)C(=O)CCC. The van der Waals surface area contributed by atoms with Crippen LogP contribution in [0.25, 0.3) is 16.9 Å². The zero-order chi connectivity index (χ0) is 22.9. The third-order valence-corrected chi connectivity index (χ3v) is 5.30. The lowest BCUT2D eigenvalue weighted by Crippen LogP contribution is -2.38. The molecule has 168 valence electrons. The summed E-state index contributed by atoms with van der Waals surface area (Å²) in [4.78, 5) is 27.0. The lowest BCUT2D eigenvalue weighted by atomic mass is 10.1. The number of anilines is 1. The van der Waals surface area contributed by atoms with Gasteiger partial charge in [-0.15, -0.1) is 0 Å². The number of hydrogen-bond acceptors (Lipinski definition) is 3. The first-order valence-corrected chi connectivity index (χ1v) is 11.4. The molecule has 0 saturated carbocycles. The van der Waals surface area contributed by atoms with E-state index in [-0.39, 0.29) is 18.4 Å². The molecule has 0 bridgehead atoms. The largest absolute Gasteiger partial charge is 0.333 e. The highest BCUT2D eigenvalue weighted by Crippen LogP contribution is 2.25. The fourth-order valence-electron chi connectivity index (χ4n) is 3.37. The summed E-state index contributed by atoms with van der Waals surface area (Å²) in [6.07, 6.45) is 3.02. The molecule has 0 atom stereocenters. The van der Waals surface area contributed by atoms with E-state index >= 15 is 0 Å². The Bertz CT molecular complexity index is 1030. The summed E-state index contributed by atoms with van der Waals surface area (Å²) < 4.78 is 1.68. The van der Waals surface area contributed by atoms with Crippen molar-refractivity contribution in [3.05, 3.63) is 65.7 Å². The Kier molecular flexibility index (Phi) is 8.45. The number of unbranched alkanes of at least 4 members (excludes halogenated alkanes) is 1. The van der Waals surface area contributed by atoms with Crippen molar-refractivity contribution in [1.29, 1.82) is 0 Å². The van der Waals surface area contributed by atoms with Gasteiger partial charge < -0.3 is 10.2 Å². The molecular formula is C25H29ClN4O2. The number of hydrogen-bond donors (Lipinski definition) is 1. The van der Waals surface area contributed by atoms with Crippen LogP contribution in [0.3, 0.4) is 0 Å². The zero-order valence-electron chi connectivity index (χ0n) is 18.6. The summed E-state index contributed by atoms with van der Waals surface area (Å²) in [7, 11) is 0. The van der Waals surface area contributed by atoms with Crippen molar-refractivity contribution in [3.63, 3.8) is 0 Å². The van der Waals surface area contributed by atoms with Crippen LogP contribution < -0.4 is 5.32 Å². The molecule has 1 heterocycles. The fourth-order valence-corrected chi connectivity index (χ4v) is 3.49. The third-order valence-electron chi connectivity index (χ3n) is 5.05. The van der Waals surface area contributed by atoms with Crippen LogP contribution in [0.1, 0.15) is 39.5 Å². The van der Waals surface area contributed by atoms with E-state index in [1.807, 2.05) is 55.5 Å². The Balaban J connectivity index is 1.86. The third kappa shape index (κ3) is 6.20. The number of halogens is 1. The van der Waals surface area contributed by atoms with Gasteiger partial charge in [-0.2, -0.15) is 5.10 Å². The van der Waals surface area contributed by atoms with Crippen LogP contribution in [0.5, 0.6) is 0 Å². The van der Waals surface area contributed by atoms with Crippen LogP contribution in [0.2, 0.25) is 5.02 Å². The number of benzene rings is 2. The van der Waals surface area contributed by atoms with Gasteiger partial charge in [-0.1, -0.05) is 62.2 Å². The molecule has 3 aromatic rings. The molecule has 0 radical (unpaired) electrons. The van der Waals surface area contributed by atoms with Gasteiger partial charge in [-0.05, 0) is 37.1 Å². The van der Waals surface area contributed by atoms with Gasteiger partial charge in [0.25, 0.3) is 0 Å². The van der Waals surface area contributed by atoms with Crippen LogP contribution in [0, 0.1) is 0 Å². The maximum Gasteiger partial charge on any atom is 0.245 e. The summed E-state index contributed by atoms with van der Waals surface area (Å²) >= 11 is 6.04. The normalized spacial score (nSPS) is 10.7. The van der Waals surface area contributed by atoms with Crippen molar-refractivity contribution in [2.75, 3.05) is 18.4 Å². The maximum atomic E-state index is 12.9. The molecule has 32 heavy (non-hydrogen) atoms. The Morgan fingerprint density at radius 1 is 1.03 bits per heavy atom. The van der Waals surface area contributed by atoms with Crippen molar-refractivity contribution in [2.45, 2.75) is 39.5 Å². The highest BCUT2D eigenvalue weighted by atomic mass is 35.5. The van der Waals surface area contributed by atoms with Crippen molar-refractivity contribution < 1.29 is 9.59 Å². The first-order chi connectivity index (χ1) is 15.5. The van der Waals surface area contributed by atoms with Crippen LogP contribution in [-0.2, 0) is 9.59 Å². The van der Waals surface area contributed by atoms with Crippen LogP contribution in [0.15, 0.2) is 60.7 Å². The summed E-state index contributed by atoms with van der Waals surface area (Å²) in [5, 5.41) is 8.28. The Morgan fingerprint density at radius 2 is 1.75 bits per heavy atom. The van der Waals surface area contributed by atoms with Gasteiger partial charge in [-0.3, -0.25) is 9.59 Å². The number of carbonyl (C=O) groups is 2. The van der Waals surface area contributed by atoms with Crippen molar-refractivity contribution >= 4 is 29.2 Å². The molecule has 1 N–H and O–H groups in total. The van der Waals surface area contributed by atoms with E-state index < -0.39 is 0 Å².